The first kappa shape index (κ1) is 18.8. The van der Waals surface area contributed by atoms with E-state index in [1.807, 2.05) is 0 Å². The number of rotatable bonds is 6. The number of alkyl halides is 5. The van der Waals surface area contributed by atoms with Crippen molar-refractivity contribution in [3.63, 3.8) is 0 Å². The van der Waals surface area contributed by atoms with E-state index in [4.69, 9.17) is 4.84 Å². The summed E-state index contributed by atoms with van der Waals surface area (Å²) >= 11 is 0.982. The Balaban J connectivity index is 2.33. The third-order valence-corrected chi connectivity index (χ3v) is 3.98. The lowest BCUT2D eigenvalue weighted by Crippen LogP contribution is -2.20. The van der Waals surface area contributed by atoms with Gasteiger partial charge >= 0.3 is 12.8 Å². The first-order valence-corrected chi connectivity index (χ1v) is 7.93. The van der Waals surface area contributed by atoms with Crippen LogP contribution in [-0.2, 0) is 23.3 Å². The van der Waals surface area contributed by atoms with E-state index >= 15 is 0 Å². The molecule has 0 fully saturated rings. The molecule has 5 nitrogen and oxygen atoms in total. The molecule has 1 aliphatic heterocycles. The van der Waals surface area contributed by atoms with Crippen molar-refractivity contribution in [2.45, 2.75) is 51.5 Å². The standard InChI is InChI=1S/C13H16F5N3O2S/c1-4-21-10(22-11(14)15)7(9(19-21)13(16,17)18)6-24-8-5-12(2,3)23-20-8/h5,11,20H,4,6H2,1-3H3. The van der Waals surface area contributed by atoms with Crippen molar-refractivity contribution in [2.24, 2.45) is 0 Å². The zero-order valence-electron chi connectivity index (χ0n) is 13.1. The van der Waals surface area contributed by atoms with Gasteiger partial charge in [0.15, 0.2) is 5.69 Å². The Hall–Kier alpha value is -1.49. The van der Waals surface area contributed by atoms with E-state index in [1.165, 1.54) is 6.92 Å². The molecule has 0 saturated carbocycles. The molecule has 1 aliphatic rings. The van der Waals surface area contributed by atoms with E-state index in [9.17, 15) is 22.0 Å². The molecule has 0 bridgehead atoms. The van der Waals surface area contributed by atoms with Crippen molar-refractivity contribution in [3.8, 4) is 5.88 Å². The monoisotopic (exact) mass is 373 g/mol. The van der Waals surface area contributed by atoms with Crippen molar-refractivity contribution in [3.05, 3.63) is 22.4 Å². The Morgan fingerprint density at radius 2 is 2.08 bits per heavy atom. The number of nitrogens with zero attached hydrogens (tertiary/aromatic N) is 2. The maximum Gasteiger partial charge on any atom is 0.435 e. The van der Waals surface area contributed by atoms with Gasteiger partial charge in [0.05, 0.1) is 10.6 Å². The van der Waals surface area contributed by atoms with Crippen LogP contribution in [0.2, 0.25) is 0 Å². The molecule has 0 atom stereocenters. The first-order chi connectivity index (χ1) is 11.0. The predicted octanol–water partition coefficient (Wildman–Crippen LogP) is 3.91. The highest BCUT2D eigenvalue weighted by Gasteiger charge is 2.40. The van der Waals surface area contributed by atoms with Gasteiger partial charge in [-0.25, -0.2) is 4.68 Å². The quantitative estimate of drug-likeness (QED) is 0.766. The summed E-state index contributed by atoms with van der Waals surface area (Å²) in [7, 11) is 0. The van der Waals surface area contributed by atoms with Crippen LogP contribution in [0.3, 0.4) is 0 Å². The normalized spacial score (nSPS) is 17.1. The second kappa shape index (κ2) is 6.79. The fourth-order valence-corrected chi connectivity index (χ4v) is 3.08. The fraction of sp³-hybridized carbons (Fsp3) is 0.615. The van der Waals surface area contributed by atoms with Gasteiger partial charge in [-0.2, -0.15) is 27.1 Å². The number of hydrogen-bond acceptors (Lipinski definition) is 5. The zero-order chi connectivity index (χ0) is 18.1. The number of hydroxylamine groups is 1. The van der Waals surface area contributed by atoms with Crippen LogP contribution in [0.1, 0.15) is 32.0 Å². The van der Waals surface area contributed by atoms with E-state index in [2.05, 4.69) is 15.3 Å². The van der Waals surface area contributed by atoms with E-state index in [0.717, 1.165) is 16.4 Å². The Bertz CT molecular complexity index is 628. The lowest BCUT2D eigenvalue weighted by atomic mass is 10.1. The summed E-state index contributed by atoms with van der Waals surface area (Å²) in [5.74, 6) is -0.832. The molecule has 11 heteroatoms. The van der Waals surface area contributed by atoms with E-state index in [0.29, 0.717) is 5.03 Å². The van der Waals surface area contributed by atoms with E-state index < -0.39 is 35.5 Å². The number of hydrogen-bond donors (Lipinski definition) is 1. The topological polar surface area (TPSA) is 48.3 Å². The average molecular weight is 373 g/mol. The summed E-state index contributed by atoms with van der Waals surface area (Å²) in [6.07, 6.45) is -3.09. The molecular weight excluding hydrogens is 357 g/mol. The van der Waals surface area contributed by atoms with Gasteiger partial charge in [-0.05, 0) is 26.8 Å². The highest BCUT2D eigenvalue weighted by atomic mass is 32.2. The number of nitrogens with one attached hydrogen (secondary N) is 1. The highest BCUT2D eigenvalue weighted by Crippen LogP contribution is 2.39. The summed E-state index contributed by atoms with van der Waals surface area (Å²) in [6, 6.07) is 0. The predicted molar refractivity (Wildman–Crippen MR) is 77.2 cm³/mol. The number of aromatic nitrogens is 2. The van der Waals surface area contributed by atoms with Crippen LogP contribution < -0.4 is 10.2 Å². The van der Waals surface area contributed by atoms with Gasteiger partial charge < -0.3 is 4.74 Å². The van der Waals surface area contributed by atoms with Crippen LogP contribution in [0.4, 0.5) is 22.0 Å². The lowest BCUT2D eigenvalue weighted by molar-refractivity contribution is -0.142. The molecule has 2 heterocycles. The molecule has 1 aromatic rings. The lowest BCUT2D eigenvalue weighted by Gasteiger charge is -2.11. The molecule has 1 aromatic heterocycles. The summed E-state index contributed by atoms with van der Waals surface area (Å²) in [5, 5.41) is 3.86. The van der Waals surface area contributed by atoms with Gasteiger partial charge in [0.1, 0.15) is 5.60 Å². The van der Waals surface area contributed by atoms with Crippen molar-refractivity contribution in [1.29, 1.82) is 0 Å². The van der Waals surface area contributed by atoms with Crippen LogP contribution in [0, 0.1) is 0 Å². The third kappa shape index (κ3) is 4.32. The Labute approximate surface area is 139 Å². The first-order valence-electron chi connectivity index (χ1n) is 6.95. The minimum absolute atomic E-state index is 0.0348. The van der Waals surface area contributed by atoms with Crippen molar-refractivity contribution in [1.82, 2.24) is 15.3 Å². The molecule has 136 valence electrons. The van der Waals surface area contributed by atoms with Crippen LogP contribution in [-0.4, -0.2) is 22.0 Å². The van der Waals surface area contributed by atoms with Gasteiger partial charge in [0.2, 0.25) is 5.88 Å². The minimum Gasteiger partial charge on any atom is -0.417 e. The smallest absolute Gasteiger partial charge is 0.417 e. The van der Waals surface area contributed by atoms with Crippen molar-refractivity contribution < 1.29 is 31.5 Å². The summed E-state index contributed by atoms with van der Waals surface area (Å²) in [6.45, 7) is 1.72. The molecule has 0 unspecified atom stereocenters. The highest BCUT2D eigenvalue weighted by molar-refractivity contribution is 8.02. The SMILES string of the molecule is CCn1nc(C(F)(F)F)c(CSC2=CC(C)(C)ON2)c1OC(F)F. The van der Waals surface area contributed by atoms with Gasteiger partial charge in [-0.1, -0.05) is 0 Å². The number of halogens is 5. The number of thioether (sulfide) groups is 1. The largest absolute Gasteiger partial charge is 0.435 e. The number of aryl methyl sites for hydroxylation is 1. The maximum absolute atomic E-state index is 13.2. The molecule has 1 N–H and O–H groups in total. The molecule has 24 heavy (non-hydrogen) atoms. The summed E-state index contributed by atoms with van der Waals surface area (Å²) in [5.41, 5.74) is 0.318. The molecule has 0 amide bonds. The molecule has 0 spiro atoms. The van der Waals surface area contributed by atoms with Gasteiger partial charge in [0.25, 0.3) is 0 Å². The van der Waals surface area contributed by atoms with Crippen LogP contribution in [0.15, 0.2) is 11.1 Å². The number of ether oxygens (including phenoxy) is 1. The van der Waals surface area contributed by atoms with E-state index in [1.54, 1.807) is 19.9 Å². The van der Waals surface area contributed by atoms with E-state index in [-0.39, 0.29) is 12.3 Å². The fourth-order valence-electron chi connectivity index (χ4n) is 2.05. The van der Waals surface area contributed by atoms with Gasteiger partial charge in [-0.3, -0.25) is 10.3 Å². The van der Waals surface area contributed by atoms with Crippen LogP contribution in [0.5, 0.6) is 5.88 Å². The third-order valence-electron chi connectivity index (χ3n) is 3.03. The molecule has 0 aromatic carbocycles. The molecular formula is C13H16F5N3O2S. The van der Waals surface area contributed by atoms with Gasteiger partial charge in [0, 0.05) is 12.3 Å². The zero-order valence-corrected chi connectivity index (χ0v) is 13.9. The van der Waals surface area contributed by atoms with Crippen molar-refractivity contribution >= 4 is 11.8 Å². The maximum atomic E-state index is 13.2. The Morgan fingerprint density at radius 1 is 1.42 bits per heavy atom. The van der Waals surface area contributed by atoms with Crippen molar-refractivity contribution in [2.75, 3.05) is 0 Å². The second-order valence-electron chi connectivity index (χ2n) is 5.43. The molecule has 0 saturated heterocycles. The Kier molecular flexibility index (Phi) is 5.33. The summed E-state index contributed by atoms with van der Waals surface area (Å²) < 4.78 is 69.7. The molecule has 2 rings (SSSR count). The van der Waals surface area contributed by atoms with Gasteiger partial charge in [-0.15, -0.1) is 11.8 Å². The van der Waals surface area contributed by atoms with Crippen LogP contribution >= 0.6 is 11.8 Å². The summed E-state index contributed by atoms with van der Waals surface area (Å²) in [4.78, 5) is 5.20. The second-order valence-corrected chi connectivity index (χ2v) is 6.45. The molecule has 0 radical (unpaired) electrons. The minimum atomic E-state index is -4.77. The average Bonchev–Trinajstić information content (AvgIpc) is 2.95. The van der Waals surface area contributed by atoms with Crippen LogP contribution in [0.25, 0.3) is 0 Å². The Morgan fingerprint density at radius 3 is 2.54 bits per heavy atom. The molecule has 0 aliphatic carbocycles.